The van der Waals surface area contributed by atoms with Crippen LogP contribution < -0.4 is 5.32 Å². The van der Waals surface area contributed by atoms with Gasteiger partial charge in [0.05, 0.1) is 20.3 Å². The fourth-order valence-corrected chi connectivity index (χ4v) is 1.62. The van der Waals surface area contributed by atoms with Gasteiger partial charge in [-0.2, -0.15) is 0 Å². The molecule has 1 unspecified atom stereocenters. The Morgan fingerprint density at radius 2 is 2.25 bits per heavy atom. The van der Waals surface area contributed by atoms with E-state index in [0.717, 1.165) is 6.54 Å². The topological polar surface area (TPSA) is 56.8 Å². The van der Waals surface area contributed by atoms with E-state index >= 15 is 0 Å². The lowest BCUT2D eigenvalue weighted by molar-refractivity contribution is -0.152. The van der Waals surface area contributed by atoms with Crippen molar-refractivity contribution in [1.29, 1.82) is 0 Å². The Kier molecular flexibility index (Phi) is 5.18. The second-order valence-corrected chi connectivity index (χ2v) is 4.13. The van der Waals surface area contributed by atoms with Gasteiger partial charge in [-0.1, -0.05) is 6.92 Å². The van der Waals surface area contributed by atoms with Crippen molar-refractivity contribution in [3.05, 3.63) is 0 Å². The van der Waals surface area contributed by atoms with Crippen LogP contribution in [0.3, 0.4) is 0 Å². The van der Waals surface area contributed by atoms with Crippen LogP contribution in [-0.2, 0) is 19.0 Å². The normalized spacial score (nSPS) is 19.9. The predicted molar refractivity (Wildman–Crippen MR) is 59.3 cm³/mol. The van der Waals surface area contributed by atoms with E-state index in [1.54, 1.807) is 0 Å². The van der Waals surface area contributed by atoms with Crippen LogP contribution in [0, 0.1) is 0 Å². The maximum Gasteiger partial charge on any atom is 0.325 e. The summed E-state index contributed by atoms with van der Waals surface area (Å²) in [6.07, 6.45) is 0.799. The Bertz CT molecular complexity index is 230. The Hall–Kier alpha value is -0.650. The van der Waals surface area contributed by atoms with E-state index in [2.05, 4.69) is 5.32 Å². The average molecular weight is 231 g/mol. The summed E-state index contributed by atoms with van der Waals surface area (Å²) in [7, 11) is 1.40. The molecule has 1 saturated heterocycles. The number of esters is 1. The SMILES string of the molecule is CCNC(C)(CCOC1COC1)C(=O)OC. The Morgan fingerprint density at radius 1 is 1.56 bits per heavy atom. The summed E-state index contributed by atoms with van der Waals surface area (Å²) in [5.74, 6) is -0.247. The zero-order valence-electron chi connectivity index (χ0n) is 10.2. The number of ether oxygens (including phenoxy) is 3. The highest BCUT2D eigenvalue weighted by molar-refractivity contribution is 5.80. The van der Waals surface area contributed by atoms with Gasteiger partial charge in [0.25, 0.3) is 0 Å². The third-order valence-electron chi connectivity index (χ3n) is 2.77. The predicted octanol–water partition coefficient (Wildman–Crippen LogP) is 0.333. The van der Waals surface area contributed by atoms with Gasteiger partial charge >= 0.3 is 5.97 Å². The summed E-state index contributed by atoms with van der Waals surface area (Å²) in [4.78, 5) is 11.6. The highest BCUT2D eigenvalue weighted by Gasteiger charge is 2.33. The second kappa shape index (κ2) is 6.18. The van der Waals surface area contributed by atoms with Crippen molar-refractivity contribution in [1.82, 2.24) is 5.32 Å². The minimum absolute atomic E-state index is 0.198. The van der Waals surface area contributed by atoms with Crippen LogP contribution in [0.25, 0.3) is 0 Å². The van der Waals surface area contributed by atoms with Crippen LogP contribution in [0.2, 0.25) is 0 Å². The highest BCUT2D eigenvalue weighted by Crippen LogP contribution is 2.14. The number of rotatable bonds is 7. The number of carbonyl (C=O) groups excluding carboxylic acids is 1. The van der Waals surface area contributed by atoms with Crippen LogP contribution in [0.4, 0.5) is 0 Å². The number of carbonyl (C=O) groups is 1. The van der Waals surface area contributed by atoms with Gasteiger partial charge in [0.2, 0.25) is 0 Å². The molecule has 5 nitrogen and oxygen atoms in total. The molecular weight excluding hydrogens is 210 g/mol. The molecule has 0 spiro atoms. The third-order valence-corrected chi connectivity index (χ3v) is 2.77. The molecule has 0 aliphatic carbocycles. The first-order chi connectivity index (χ1) is 7.62. The number of likely N-dealkylation sites (N-methyl/N-ethyl adjacent to an activating group) is 1. The summed E-state index contributed by atoms with van der Waals surface area (Å²) in [6.45, 7) is 6.38. The molecule has 1 heterocycles. The summed E-state index contributed by atoms with van der Waals surface area (Å²) < 4.78 is 15.3. The molecule has 0 amide bonds. The Morgan fingerprint density at radius 3 is 2.69 bits per heavy atom. The Labute approximate surface area is 96.4 Å². The van der Waals surface area contributed by atoms with Crippen molar-refractivity contribution in [2.75, 3.05) is 33.5 Å². The molecule has 0 aromatic carbocycles. The van der Waals surface area contributed by atoms with Crippen molar-refractivity contribution < 1.29 is 19.0 Å². The van der Waals surface area contributed by atoms with Gasteiger partial charge in [0.15, 0.2) is 0 Å². The van der Waals surface area contributed by atoms with E-state index in [0.29, 0.717) is 26.2 Å². The molecule has 1 aliphatic rings. The van der Waals surface area contributed by atoms with Crippen LogP contribution in [0.15, 0.2) is 0 Å². The lowest BCUT2D eigenvalue weighted by Gasteiger charge is -2.30. The first-order valence-corrected chi connectivity index (χ1v) is 5.65. The molecule has 94 valence electrons. The van der Waals surface area contributed by atoms with E-state index < -0.39 is 5.54 Å². The van der Waals surface area contributed by atoms with Crippen molar-refractivity contribution in [2.45, 2.75) is 31.9 Å². The molecule has 16 heavy (non-hydrogen) atoms. The largest absolute Gasteiger partial charge is 0.468 e. The number of hydrogen-bond acceptors (Lipinski definition) is 5. The molecule has 0 aromatic heterocycles. The van der Waals surface area contributed by atoms with Crippen LogP contribution in [-0.4, -0.2) is 51.1 Å². The van der Waals surface area contributed by atoms with Gasteiger partial charge in [0.1, 0.15) is 11.6 Å². The monoisotopic (exact) mass is 231 g/mol. The molecule has 1 aliphatic heterocycles. The second-order valence-electron chi connectivity index (χ2n) is 4.13. The summed E-state index contributed by atoms with van der Waals surface area (Å²) >= 11 is 0. The highest BCUT2D eigenvalue weighted by atomic mass is 16.6. The molecule has 1 fully saturated rings. The minimum atomic E-state index is -0.659. The van der Waals surface area contributed by atoms with Crippen molar-refractivity contribution >= 4 is 5.97 Å². The quantitative estimate of drug-likeness (QED) is 0.640. The molecule has 0 bridgehead atoms. The summed E-state index contributed by atoms with van der Waals surface area (Å²) in [5.41, 5.74) is -0.659. The maximum absolute atomic E-state index is 11.6. The van der Waals surface area contributed by atoms with Gasteiger partial charge in [0, 0.05) is 6.61 Å². The smallest absolute Gasteiger partial charge is 0.325 e. The van der Waals surface area contributed by atoms with Gasteiger partial charge in [-0.3, -0.25) is 4.79 Å². The number of hydrogen-bond donors (Lipinski definition) is 1. The van der Waals surface area contributed by atoms with Crippen molar-refractivity contribution in [3.63, 3.8) is 0 Å². The fourth-order valence-electron chi connectivity index (χ4n) is 1.62. The molecular formula is C11H21NO4. The molecule has 1 N–H and O–H groups in total. The van der Waals surface area contributed by atoms with Crippen molar-refractivity contribution in [2.24, 2.45) is 0 Å². The van der Waals surface area contributed by atoms with E-state index in [1.165, 1.54) is 7.11 Å². The van der Waals surface area contributed by atoms with Crippen LogP contribution >= 0.6 is 0 Å². The van der Waals surface area contributed by atoms with E-state index in [4.69, 9.17) is 14.2 Å². The standard InChI is InChI=1S/C11H21NO4/c1-4-12-11(2,10(13)14-3)5-6-16-9-7-15-8-9/h9,12H,4-8H2,1-3H3. The van der Waals surface area contributed by atoms with E-state index in [-0.39, 0.29) is 12.1 Å². The average Bonchev–Trinajstić information content (AvgIpc) is 2.21. The minimum Gasteiger partial charge on any atom is -0.468 e. The molecule has 0 radical (unpaired) electrons. The summed E-state index contributed by atoms with van der Waals surface area (Å²) in [6, 6.07) is 0. The van der Waals surface area contributed by atoms with Crippen molar-refractivity contribution in [3.8, 4) is 0 Å². The zero-order chi connectivity index (χ0) is 12.0. The third kappa shape index (κ3) is 3.43. The maximum atomic E-state index is 11.6. The molecule has 1 rings (SSSR count). The number of methoxy groups -OCH3 is 1. The molecule has 5 heteroatoms. The van der Waals surface area contributed by atoms with E-state index in [9.17, 15) is 4.79 Å². The first kappa shape index (κ1) is 13.4. The van der Waals surface area contributed by atoms with Crippen LogP contribution in [0.1, 0.15) is 20.3 Å². The van der Waals surface area contributed by atoms with Gasteiger partial charge in [-0.05, 0) is 19.9 Å². The number of nitrogens with one attached hydrogen (secondary N) is 1. The van der Waals surface area contributed by atoms with Crippen LogP contribution in [0.5, 0.6) is 0 Å². The fraction of sp³-hybridized carbons (Fsp3) is 0.909. The lowest BCUT2D eigenvalue weighted by atomic mass is 9.98. The van der Waals surface area contributed by atoms with Gasteiger partial charge < -0.3 is 19.5 Å². The van der Waals surface area contributed by atoms with Gasteiger partial charge in [-0.15, -0.1) is 0 Å². The molecule has 0 saturated carbocycles. The zero-order valence-corrected chi connectivity index (χ0v) is 10.2. The lowest BCUT2D eigenvalue weighted by Crippen LogP contribution is -2.51. The first-order valence-electron chi connectivity index (χ1n) is 5.65. The summed E-state index contributed by atoms with van der Waals surface area (Å²) in [5, 5.41) is 3.13. The van der Waals surface area contributed by atoms with E-state index in [1.807, 2.05) is 13.8 Å². The molecule has 1 atom stereocenters. The Balaban J connectivity index is 2.33. The molecule has 0 aromatic rings. The van der Waals surface area contributed by atoms with Gasteiger partial charge in [-0.25, -0.2) is 0 Å².